The van der Waals surface area contributed by atoms with E-state index in [9.17, 15) is 19.8 Å². The molecule has 6 heteroatoms. The average Bonchev–Trinajstić information content (AvgIpc) is 3.30. The minimum atomic E-state index is -0.788. The van der Waals surface area contributed by atoms with Gasteiger partial charge in [0.05, 0.1) is 25.2 Å². The first-order chi connectivity index (χ1) is 32.0. The molecule has 3 atom stereocenters. The standard InChI is InChI=1S/C59H113NO5/c1-4-7-10-13-16-19-22-25-28-31-33-36-39-42-45-48-51-57(62)56(54-61)60-58(63)53-55(50-47-44-41-38-35-32-29-26-23-20-17-14-11-8-5-2)65-59(64)52-49-46-43-40-37-34-30-27-24-21-18-15-12-9-6-3/h21,24,26,29,55-57,61-62H,4-20,22-23,25,27-28,30-54H2,1-3H3,(H,60,63)/b24-21-,29-26+. The molecule has 0 aromatic heterocycles. The zero-order chi connectivity index (χ0) is 47.4. The number of carbonyl (C=O) groups excluding carboxylic acids is 2. The van der Waals surface area contributed by atoms with Gasteiger partial charge in [-0.1, -0.05) is 251 Å². The zero-order valence-corrected chi connectivity index (χ0v) is 43.9. The lowest BCUT2D eigenvalue weighted by Gasteiger charge is -2.24. The maximum atomic E-state index is 13.3. The maximum Gasteiger partial charge on any atom is 0.306 e. The minimum Gasteiger partial charge on any atom is -0.462 e. The molecule has 0 fully saturated rings. The Balaban J connectivity index is 4.53. The topological polar surface area (TPSA) is 95.9 Å². The van der Waals surface area contributed by atoms with Crippen molar-refractivity contribution in [2.75, 3.05) is 6.61 Å². The molecule has 0 aliphatic rings. The number of esters is 1. The molecule has 0 saturated carbocycles. The van der Waals surface area contributed by atoms with Gasteiger partial charge in [-0.05, 0) is 77.0 Å². The molecule has 0 aliphatic carbocycles. The highest BCUT2D eigenvalue weighted by Crippen LogP contribution is 2.19. The molecule has 0 bridgehead atoms. The Morgan fingerprint density at radius 1 is 0.431 bits per heavy atom. The molecule has 0 heterocycles. The van der Waals surface area contributed by atoms with Crippen LogP contribution in [0.5, 0.6) is 0 Å². The largest absolute Gasteiger partial charge is 0.462 e. The first-order valence-electron chi connectivity index (χ1n) is 29.1. The second kappa shape index (κ2) is 53.3. The summed E-state index contributed by atoms with van der Waals surface area (Å²) in [7, 11) is 0. The fourth-order valence-electron chi connectivity index (χ4n) is 9.07. The van der Waals surface area contributed by atoms with E-state index in [2.05, 4.69) is 50.4 Å². The number of unbranched alkanes of at least 4 members (excludes halogenated alkanes) is 37. The molecule has 0 radical (unpaired) electrons. The number of nitrogens with one attached hydrogen (secondary N) is 1. The van der Waals surface area contributed by atoms with Crippen molar-refractivity contribution in [1.29, 1.82) is 0 Å². The van der Waals surface area contributed by atoms with Crippen molar-refractivity contribution in [3.05, 3.63) is 24.3 Å². The summed E-state index contributed by atoms with van der Waals surface area (Å²) >= 11 is 0. The van der Waals surface area contributed by atoms with E-state index in [0.717, 1.165) is 57.8 Å². The maximum absolute atomic E-state index is 13.3. The van der Waals surface area contributed by atoms with Gasteiger partial charge in [0.1, 0.15) is 6.10 Å². The van der Waals surface area contributed by atoms with Crippen LogP contribution < -0.4 is 5.32 Å². The quantitative estimate of drug-likeness (QED) is 0.0321. The number of hydrogen-bond donors (Lipinski definition) is 3. The normalized spacial score (nSPS) is 13.2. The summed E-state index contributed by atoms with van der Waals surface area (Å²) in [4.78, 5) is 26.3. The van der Waals surface area contributed by atoms with Gasteiger partial charge in [0.15, 0.2) is 0 Å². The summed E-state index contributed by atoms with van der Waals surface area (Å²) < 4.78 is 5.96. The van der Waals surface area contributed by atoms with E-state index in [1.54, 1.807) is 0 Å². The van der Waals surface area contributed by atoms with Crippen LogP contribution in [0.2, 0.25) is 0 Å². The number of hydrogen-bond acceptors (Lipinski definition) is 5. The van der Waals surface area contributed by atoms with Crippen LogP contribution in [0, 0.1) is 0 Å². The lowest BCUT2D eigenvalue weighted by atomic mass is 10.0. The van der Waals surface area contributed by atoms with Gasteiger partial charge in [-0.25, -0.2) is 0 Å². The van der Waals surface area contributed by atoms with Gasteiger partial charge < -0.3 is 20.3 Å². The van der Waals surface area contributed by atoms with Crippen LogP contribution in [-0.2, 0) is 14.3 Å². The summed E-state index contributed by atoms with van der Waals surface area (Å²) in [6, 6.07) is -0.702. The van der Waals surface area contributed by atoms with Gasteiger partial charge in [-0.15, -0.1) is 0 Å². The predicted octanol–water partition coefficient (Wildman–Crippen LogP) is 17.9. The van der Waals surface area contributed by atoms with E-state index in [4.69, 9.17) is 4.74 Å². The Hall–Kier alpha value is -1.66. The van der Waals surface area contributed by atoms with Gasteiger partial charge in [0.25, 0.3) is 0 Å². The van der Waals surface area contributed by atoms with Crippen LogP contribution in [0.15, 0.2) is 24.3 Å². The Bertz CT molecular complexity index is 1030. The number of rotatable bonds is 53. The number of aliphatic hydroxyl groups excluding tert-OH is 2. The molecule has 0 rings (SSSR count). The van der Waals surface area contributed by atoms with Crippen molar-refractivity contribution >= 4 is 11.9 Å². The van der Waals surface area contributed by atoms with Crippen LogP contribution in [0.3, 0.4) is 0 Å². The smallest absolute Gasteiger partial charge is 0.306 e. The third-order valence-corrected chi connectivity index (χ3v) is 13.5. The highest BCUT2D eigenvalue weighted by atomic mass is 16.5. The van der Waals surface area contributed by atoms with Crippen molar-refractivity contribution in [2.45, 2.75) is 334 Å². The summed E-state index contributed by atoms with van der Waals surface area (Å²) in [5, 5.41) is 23.9. The van der Waals surface area contributed by atoms with E-state index < -0.39 is 18.2 Å². The Labute approximate surface area is 405 Å². The molecule has 0 spiro atoms. The highest BCUT2D eigenvalue weighted by Gasteiger charge is 2.24. The fraction of sp³-hybridized carbons (Fsp3) is 0.898. The number of carbonyl (C=O) groups is 2. The van der Waals surface area contributed by atoms with E-state index in [0.29, 0.717) is 19.3 Å². The number of ether oxygens (including phenoxy) is 1. The molecule has 0 aliphatic heterocycles. The molecular weight excluding hydrogens is 803 g/mol. The van der Waals surface area contributed by atoms with E-state index in [-0.39, 0.29) is 24.9 Å². The van der Waals surface area contributed by atoms with Crippen molar-refractivity contribution in [2.24, 2.45) is 0 Å². The minimum absolute atomic E-state index is 0.0749. The van der Waals surface area contributed by atoms with Crippen LogP contribution >= 0.6 is 0 Å². The third-order valence-electron chi connectivity index (χ3n) is 13.5. The predicted molar refractivity (Wildman–Crippen MR) is 283 cm³/mol. The van der Waals surface area contributed by atoms with Crippen LogP contribution in [0.1, 0.15) is 316 Å². The molecule has 1 amide bonds. The van der Waals surface area contributed by atoms with Gasteiger partial charge in [0, 0.05) is 6.42 Å². The molecule has 6 nitrogen and oxygen atoms in total. The van der Waals surface area contributed by atoms with Gasteiger partial charge in [-0.3, -0.25) is 9.59 Å². The van der Waals surface area contributed by atoms with Crippen LogP contribution in [0.4, 0.5) is 0 Å². The molecular formula is C59H113NO5. The number of allylic oxidation sites excluding steroid dienone is 4. The Kier molecular flexibility index (Phi) is 51.9. The monoisotopic (exact) mass is 916 g/mol. The van der Waals surface area contributed by atoms with E-state index in [1.807, 2.05) is 0 Å². The lowest BCUT2D eigenvalue weighted by molar-refractivity contribution is -0.151. The molecule has 384 valence electrons. The summed E-state index contributed by atoms with van der Waals surface area (Å²) in [5.41, 5.74) is 0. The Morgan fingerprint density at radius 2 is 0.738 bits per heavy atom. The summed E-state index contributed by atoms with van der Waals surface area (Å²) in [6.45, 7) is 6.50. The molecule has 3 unspecified atom stereocenters. The summed E-state index contributed by atoms with van der Waals surface area (Å²) in [5.74, 6) is -0.470. The van der Waals surface area contributed by atoms with Gasteiger partial charge >= 0.3 is 5.97 Å². The van der Waals surface area contributed by atoms with Crippen molar-refractivity contribution in [3.8, 4) is 0 Å². The van der Waals surface area contributed by atoms with Crippen molar-refractivity contribution in [1.82, 2.24) is 5.32 Å². The van der Waals surface area contributed by atoms with Gasteiger partial charge in [-0.2, -0.15) is 0 Å². The molecule has 0 saturated heterocycles. The summed E-state index contributed by atoms with van der Waals surface area (Å²) in [6.07, 6.45) is 62.4. The van der Waals surface area contributed by atoms with Crippen LogP contribution in [-0.4, -0.2) is 46.9 Å². The van der Waals surface area contributed by atoms with Crippen LogP contribution in [0.25, 0.3) is 0 Å². The molecule has 0 aromatic carbocycles. The molecule has 65 heavy (non-hydrogen) atoms. The van der Waals surface area contributed by atoms with Crippen molar-refractivity contribution in [3.63, 3.8) is 0 Å². The second-order valence-electron chi connectivity index (χ2n) is 20.0. The lowest BCUT2D eigenvalue weighted by Crippen LogP contribution is -2.46. The highest BCUT2D eigenvalue weighted by molar-refractivity contribution is 5.77. The Morgan fingerprint density at radius 3 is 1.11 bits per heavy atom. The first-order valence-corrected chi connectivity index (χ1v) is 29.1. The van der Waals surface area contributed by atoms with Gasteiger partial charge in [0.2, 0.25) is 5.91 Å². The van der Waals surface area contributed by atoms with Crippen molar-refractivity contribution < 1.29 is 24.5 Å². The number of amides is 1. The fourth-order valence-corrected chi connectivity index (χ4v) is 9.07. The van der Waals surface area contributed by atoms with E-state index >= 15 is 0 Å². The SMILES string of the molecule is CCCCCC/C=C\CCCCCCCCCC(=O)OC(CCCCCCC/C=C/CCCCCCCC)CC(=O)NC(CO)C(O)CCCCCCCCCCCCCCCCCC. The molecule has 0 aromatic rings. The van der Waals surface area contributed by atoms with E-state index in [1.165, 1.54) is 212 Å². The third kappa shape index (κ3) is 48.6. The first kappa shape index (κ1) is 63.3. The molecule has 3 N–H and O–H groups in total. The second-order valence-corrected chi connectivity index (χ2v) is 20.0. The zero-order valence-electron chi connectivity index (χ0n) is 43.9. The number of aliphatic hydroxyl groups is 2. The average molecular weight is 917 g/mol.